The van der Waals surface area contributed by atoms with E-state index in [1.807, 2.05) is 30.3 Å². The molecule has 0 aliphatic rings. The molecule has 27 heavy (non-hydrogen) atoms. The largest absolute Gasteiger partial charge is 0.464 e. The highest BCUT2D eigenvalue weighted by atomic mass is 32.2. The summed E-state index contributed by atoms with van der Waals surface area (Å²) < 4.78 is 35.0. The maximum Gasteiger partial charge on any atom is 0.336 e. The fourth-order valence-corrected chi connectivity index (χ4v) is 3.64. The van der Waals surface area contributed by atoms with E-state index in [1.165, 1.54) is 12.1 Å². The van der Waals surface area contributed by atoms with Gasteiger partial charge in [0.25, 0.3) is 5.69 Å². The second kappa shape index (κ2) is 9.24. The minimum Gasteiger partial charge on any atom is -0.464 e. The van der Waals surface area contributed by atoms with E-state index in [1.54, 1.807) is 6.92 Å². The molecule has 0 aliphatic heterocycles. The van der Waals surface area contributed by atoms with Gasteiger partial charge in [0.15, 0.2) is 11.0 Å². The molecule has 0 aliphatic carbocycles. The molecule has 0 saturated heterocycles. The van der Waals surface area contributed by atoms with Crippen LogP contribution >= 0.6 is 0 Å². The van der Waals surface area contributed by atoms with E-state index in [2.05, 4.69) is 0 Å². The van der Waals surface area contributed by atoms with E-state index in [9.17, 15) is 23.3 Å². The molecule has 0 fully saturated rings. The predicted octanol–water partition coefficient (Wildman–Crippen LogP) is 2.86. The van der Waals surface area contributed by atoms with Gasteiger partial charge in [0, 0.05) is 6.07 Å². The van der Waals surface area contributed by atoms with Gasteiger partial charge in [-0.15, -0.1) is 0 Å². The highest BCUT2D eigenvalue weighted by molar-refractivity contribution is 7.87. The molecule has 1 unspecified atom stereocenters. The summed E-state index contributed by atoms with van der Waals surface area (Å²) in [4.78, 5) is 21.8. The lowest BCUT2D eigenvalue weighted by atomic mass is 10.1. The van der Waals surface area contributed by atoms with Crippen molar-refractivity contribution in [3.05, 3.63) is 70.3 Å². The Morgan fingerprint density at radius 2 is 1.74 bits per heavy atom. The average Bonchev–Trinajstić information content (AvgIpc) is 2.66. The lowest BCUT2D eigenvalue weighted by Crippen LogP contribution is -2.30. The fourth-order valence-electron chi connectivity index (χ4n) is 2.41. The molecular formula is C18H19NO7S. The van der Waals surface area contributed by atoms with Gasteiger partial charge < -0.3 is 4.74 Å². The SMILES string of the molecule is CCOC(=O)C(CCc1ccccc1)OS(=O)(=O)c1ccccc1[N+](=O)[O-]. The molecule has 8 nitrogen and oxygen atoms in total. The number of nitrogens with zero attached hydrogens (tertiary/aromatic N) is 1. The molecule has 0 amide bonds. The van der Waals surface area contributed by atoms with Gasteiger partial charge in [-0.3, -0.25) is 14.3 Å². The van der Waals surface area contributed by atoms with E-state index >= 15 is 0 Å². The maximum absolute atomic E-state index is 12.6. The Morgan fingerprint density at radius 1 is 1.11 bits per heavy atom. The summed E-state index contributed by atoms with van der Waals surface area (Å²) in [5.41, 5.74) is 0.265. The Morgan fingerprint density at radius 3 is 2.37 bits per heavy atom. The van der Waals surface area contributed by atoms with Crippen LogP contribution in [0.4, 0.5) is 5.69 Å². The Bertz CT molecular complexity index is 897. The number of carbonyl (C=O) groups excluding carboxylic acids is 1. The Kier molecular flexibility index (Phi) is 7.03. The first-order valence-corrected chi connectivity index (χ1v) is 9.63. The lowest BCUT2D eigenvalue weighted by molar-refractivity contribution is -0.387. The summed E-state index contributed by atoms with van der Waals surface area (Å²) in [6.45, 7) is 1.64. The van der Waals surface area contributed by atoms with Crippen LogP contribution in [0.2, 0.25) is 0 Å². The highest BCUT2D eigenvalue weighted by Gasteiger charge is 2.32. The first-order valence-electron chi connectivity index (χ1n) is 8.22. The number of carbonyl (C=O) groups is 1. The van der Waals surface area contributed by atoms with Crippen molar-refractivity contribution in [2.75, 3.05) is 6.61 Å². The third kappa shape index (κ3) is 5.60. The first kappa shape index (κ1) is 20.5. The number of benzene rings is 2. The topological polar surface area (TPSA) is 113 Å². The number of rotatable bonds is 9. The molecule has 0 radical (unpaired) electrons. The quantitative estimate of drug-likeness (QED) is 0.279. The van der Waals surface area contributed by atoms with Crippen LogP contribution in [0.1, 0.15) is 18.9 Å². The smallest absolute Gasteiger partial charge is 0.336 e. The van der Waals surface area contributed by atoms with Crippen molar-refractivity contribution in [2.24, 2.45) is 0 Å². The van der Waals surface area contributed by atoms with E-state index in [0.717, 1.165) is 17.7 Å². The molecule has 0 N–H and O–H groups in total. The summed E-state index contributed by atoms with van der Waals surface area (Å²) in [7, 11) is -4.55. The van der Waals surface area contributed by atoms with Crippen LogP contribution in [0.3, 0.4) is 0 Å². The zero-order chi connectivity index (χ0) is 19.9. The summed E-state index contributed by atoms with van der Waals surface area (Å²) in [5.74, 6) is -0.837. The van der Waals surface area contributed by atoms with E-state index in [-0.39, 0.29) is 13.0 Å². The number of aryl methyl sites for hydroxylation is 1. The Hall–Kier alpha value is -2.78. The summed E-state index contributed by atoms with van der Waals surface area (Å²) in [5, 5.41) is 11.1. The van der Waals surface area contributed by atoms with Crippen molar-refractivity contribution in [1.82, 2.24) is 0 Å². The maximum atomic E-state index is 12.6. The second-order valence-electron chi connectivity index (χ2n) is 5.54. The van der Waals surface area contributed by atoms with Crippen LogP contribution in [0, 0.1) is 10.1 Å². The standard InChI is InChI=1S/C18H19NO7S/c1-2-25-18(20)16(13-12-14-8-4-3-5-9-14)26-27(23,24)17-11-7-6-10-15(17)19(21)22/h3-11,16H,2,12-13H2,1H3. The van der Waals surface area contributed by atoms with Crippen molar-refractivity contribution < 1.29 is 27.1 Å². The van der Waals surface area contributed by atoms with Crippen molar-refractivity contribution in [2.45, 2.75) is 30.8 Å². The van der Waals surface area contributed by atoms with E-state index in [0.29, 0.717) is 6.42 Å². The lowest BCUT2D eigenvalue weighted by Gasteiger charge is -2.16. The molecule has 9 heteroatoms. The monoisotopic (exact) mass is 393 g/mol. The summed E-state index contributed by atoms with van der Waals surface area (Å²) in [6, 6.07) is 13.9. The number of hydrogen-bond donors (Lipinski definition) is 0. The van der Waals surface area contributed by atoms with E-state index in [4.69, 9.17) is 8.92 Å². The Balaban J connectivity index is 2.25. The molecule has 2 aromatic carbocycles. The molecule has 0 bridgehead atoms. The van der Waals surface area contributed by atoms with Crippen molar-refractivity contribution in [3.8, 4) is 0 Å². The number of nitro benzene ring substituents is 1. The fraction of sp³-hybridized carbons (Fsp3) is 0.278. The molecule has 0 saturated carbocycles. The molecule has 2 rings (SSSR count). The van der Waals surface area contributed by atoms with Gasteiger partial charge >= 0.3 is 16.1 Å². The second-order valence-corrected chi connectivity index (χ2v) is 7.08. The number of esters is 1. The number of para-hydroxylation sites is 1. The van der Waals surface area contributed by atoms with Crippen molar-refractivity contribution >= 4 is 21.8 Å². The summed E-state index contributed by atoms with van der Waals surface area (Å²) in [6.07, 6.45) is -0.991. The third-order valence-corrected chi connectivity index (χ3v) is 5.03. The zero-order valence-electron chi connectivity index (χ0n) is 14.6. The molecule has 0 aromatic heterocycles. The van der Waals surface area contributed by atoms with Crippen LogP contribution in [0.15, 0.2) is 59.5 Å². The first-order chi connectivity index (χ1) is 12.8. The van der Waals surface area contributed by atoms with Gasteiger partial charge in [-0.25, -0.2) is 4.79 Å². The van der Waals surface area contributed by atoms with Crippen LogP contribution in [-0.2, 0) is 30.3 Å². The predicted molar refractivity (Wildman–Crippen MR) is 96.6 cm³/mol. The highest BCUT2D eigenvalue weighted by Crippen LogP contribution is 2.26. The molecule has 1 atom stereocenters. The van der Waals surface area contributed by atoms with Gasteiger partial charge in [-0.05, 0) is 31.4 Å². The molecule has 144 valence electrons. The Labute approximate surface area is 157 Å². The van der Waals surface area contributed by atoms with Gasteiger partial charge in [0.2, 0.25) is 0 Å². The van der Waals surface area contributed by atoms with Crippen LogP contribution in [-0.4, -0.2) is 32.0 Å². The van der Waals surface area contributed by atoms with Crippen LogP contribution in [0.25, 0.3) is 0 Å². The molecule has 0 heterocycles. The van der Waals surface area contributed by atoms with Crippen molar-refractivity contribution in [1.29, 1.82) is 0 Å². The van der Waals surface area contributed by atoms with Crippen LogP contribution < -0.4 is 0 Å². The van der Waals surface area contributed by atoms with Gasteiger partial charge in [-0.2, -0.15) is 8.42 Å². The minimum atomic E-state index is -4.55. The number of ether oxygens (including phenoxy) is 1. The minimum absolute atomic E-state index is 0.0444. The normalized spacial score (nSPS) is 12.3. The zero-order valence-corrected chi connectivity index (χ0v) is 15.4. The molecule has 2 aromatic rings. The number of hydrogen-bond acceptors (Lipinski definition) is 7. The third-order valence-electron chi connectivity index (χ3n) is 3.66. The van der Waals surface area contributed by atoms with E-state index < -0.39 is 37.7 Å². The van der Waals surface area contributed by atoms with Gasteiger partial charge in [0.05, 0.1) is 11.5 Å². The molecular weight excluding hydrogens is 374 g/mol. The number of nitro groups is 1. The van der Waals surface area contributed by atoms with Crippen LogP contribution in [0.5, 0.6) is 0 Å². The van der Waals surface area contributed by atoms with Gasteiger partial charge in [0.1, 0.15) is 0 Å². The summed E-state index contributed by atoms with van der Waals surface area (Å²) >= 11 is 0. The average molecular weight is 393 g/mol. The van der Waals surface area contributed by atoms with Gasteiger partial charge in [-0.1, -0.05) is 42.5 Å². The van der Waals surface area contributed by atoms with Crippen molar-refractivity contribution in [3.63, 3.8) is 0 Å². The molecule has 0 spiro atoms.